The second-order valence-electron chi connectivity index (χ2n) is 5.22. The molecule has 0 amide bonds. The van der Waals surface area contributed by atoms with E-state index in [4.69, 9.17) is 11.6 Å². The molecule has 0 aliphatic carbocycles. The number of hydrogen-bond acceptors (Lipinski definition) is 1. The molecule has 1 nitrogen and oxygen atoms in total. The summed E-state index contributed by atoms with van der Waals surface area (Å²) >= 11 is 5.95. The van der Waals surface area contributed by atoms with Crippen LogP contribution in [-0.2, 0) is 6.42 Å². The number of pyridine rings is 1. The molecule has 1 aromatic heterocycles. The van der Waals surface area contributed by atoms with Gasteiger partial charge >= 0.3 is 0 Å². The Hall–Kier alpha value is -1.34. The highest BCUT2D eigenvalue weighted by molar-refractivity contribution is 6.30. The lowest BCUT2D eigenvalue weighted by molar-refractivity contribution is 0.555. The van der Waals surface area contributed by atoms with Gasteiger partial charge in [0.25, 0.3) is 0 Å². The molecule has 1 atom stereocenters. The van der Waals surface area contributed by atoms with Crippen molar-refractivity contribution in [3.05, 3.63) is 64.9 Å². The van der Waals surface area contributed by atoms with Crippen molar-refractivity contribution in [2.45, 2.75) is 44.9 Å². The Kier molecular flexibility index (Phi) is 6.07. The highest BCUT2D eigenvalue weighted by Gasteiger charge is 2.08. The molecular weight excluding hydrogens is 266 g/mol. The molecule has 1 unspecified atom stereocenters. The van der Waals surface area contributed by atoms with Gasteiger partial charge in [-0.05, 0) is 61.4 Å². The van der Waals surface area contributed by atoms with Gasteiger partial charge in [-0.15, -0.1) is 0 Å². The van der Waals surface area contributed by atoms with E-state index in [1.54, 1.807) is 0 Å². The van der Waals surface area contributed by atoms with Gasteiger partial charge in [-0.2, -0.15) is 0 Å². The van der Waals surface area contributed by atoms with E-state index in [2.05, 4.69) is 36.2 Å². The highest BCUT2D eigenvalue weighted by Crippen LogP contribution is 2.26. The Bertz CT molecular complexity index is 493. The number of nitrogens with zero attached hydrogens (tertiary/aromatic N) is 1. The van der Waals surface area contributed by atoms with E-state index in [9.17, 15) is 0 Å². The minimum absolute atomic E-state index is 0.649. The monoisotopic (exact) mass is 287 g/mol. The van der Waals surface area contributed by atoms with Crippen LogP contribution in [0.1, 0.15) is 49.8 Å². The first-order chi connectivity index (χ1) is 9.79. The maximum atomic E-state index is 5.95. The van der Waals surface area contributed by atoms with Crippen molar-refractivity contribution < 1.29 is 0 Å². The lowest BCUT2D eigenvalue weighted by Crippen LogP contribution is -1.98. The van der Waals surface area contributed by atoms with Gasteiger partial charge in [-0.25, -0.2) is 0 Å². The molecular formula is C18H22ClN. The lowest BCUT2D eigenvalue weighted by atomic mass is 9.91. The van der Waals surface area contributed by atoms with E-state index in [1.165, 1.54) is 36.9 Å². The van der Waals surface area contributed by atoms with Crippen molar-refractivity contribution in [1.82, 2.24) is 4.98 Å². The van der Waals surface area contributed by atoms with Crippen molar-refractivity contribution in [2.75, 3.05) is 0 Å². The summed E-state index contributed by atoms with van der Waals surface area (Å²) in [7, 11) is 0. The molecule has 0 radical (unpaired) electrons. The number of aryl methyl sites for hydroxylation is 1. The zero-order valence-electron chi connectivity index (χ0n) is 12.1. The van der Waals surface area contributed by atoms with E-state index in [0.29, 0.717) is 5.92 Å². The Morgan fingerprint density at radius 2 is 1.85 bits per heavy atom. The van der Waals surface area contributed by atoms with Crippen LogP contribution < -0.4 is 0 Å². The summed E-state index contributed by atoms with van der Waals surface area (Å²) in [5.74, 6) is 0.649. The van der Waals surface area contributed by atoms with E-state index in [-0.39, 0.29) is 0 Å². The average Bonchev–Trinajstić information content (AvgIpc) is 2.50. The smallest absolute Gasteiger partial charge is 0.0406 e. The summed E-state index contributed by atoms with van der Waals surface area (Å²) in [5, 5.41) is 0.818. The molecule has 1 aromatic carbocycles. The molecule has 0 bridgehead atoms. The van der Waals surface area contributed by atoms with Crippen molar-refractivity contribution in [3.63, 3.8) is 0 Å². The summed E-state index contributed by atoms with van der Waals surface area (Å²) in [6.45, 7) is 2.26. The third kappa shape index (κ3) is 4.64. The fourth-order valence-corrected chi connectivity index (χ4v) is 2.71. The number of benzene rings is 1. The molecule has 0 saturated carbocycles. The molecule has 0 saturated heterocycles. The zero-order valence-corrected chi connectivity index (χ0v) is 12.8. The number of halogens is 1. The van der Waals surface area contributed by atoms with E-state index < -0.39 is 0 Å². The van der Waals surface area contributed by atoms with Crippen molar-refractivity contribution in [1.29, 1.82) is 0 Å². The van der Waals surface area contributed by atoms with Gasteiger partial charge in [0.15, 0.2) is 0 Å². The molecule has 0 aliphatic rings. The first-order valence-corrected chi connectivity index (χ1v) is 7.82. The molecule has 0 fully saturated rings. The van der Waals surface area contributed by atoms with Crippen LogP contribution in [0, 0.1) is 0 Å². The standard InChI is InChI=1S/C18H22ClN/c1-2-15(16-10-12-17(19)13-11-16)7-3-4-8-18-9-5-6-14-20-18/h5-6,9-15H,2-4,7-8H2,1H3. The average molecular weight is 288 g/mol. The van der Waals surface area contributed by atoms with Crippen molar-refractivity contribution >= 4 is 11.6 Å². The van der Waals surface area contributed by atoms with Crippen LogP contribution in [0.25, 0.3) is 0 Å². The van der Waals surface area contributed by atoms with Gasteiger partial charge in [-0.3, -0.25) is 4.98 Å². The van der Waals surface area contributed by atoms with Crippen LogP contribution in [0.2, 0.25) is 5.02 Å². The maximum absolute atomic E-state index is 5.95. The predicted molar refractivity (Wildman–Crippen MR) is 86.3 cm³/mol. The predicted octanol–water partition coefficient (Wildman–Crippen LogP) is 5.64. The largest absolute Gasteiger partial charge is 0.261 e. The Balaban J connectivity index is 1.78. The van der Waals surface area contributed by atoms with Gasteiger partial charge in [0, 0.05) is 16.9 Å². The molecule has 106 valence electrons. The Morgan fingerprint density at radius 3 is 2.50 bits per heavy atom. The van der Waals surface area contributed by atoms with Crippen molar-refractivity contribution in [2.24, 2.45) is 0 Å². The van der Waals surface area contributed by atoms with Crippen LogP contribution >= 0.6 is 11.6 Å². The van der Waals surface area contributed by atoms with Gasteiger partial charge in [0.1, 0.15) is 0 Å². The first-order valence-electron chi connectivity index (χ1n) is 7.45. The molecule has 2 aromatic rings. The Labute approximate surface area is 127 Å². The molecule has 2 rings (SSSR count). The second-order valence-corrected chi connectivity index (χ2v) is 5.66. The summed E-state index contributed by atoms with van der Waals surface area (Å²) in [4.78, 5) is 4.37. The minimum Gasteiger partial charge on any atom is -0.261 e. The van der Waals surface area contributed by atoms with Gasteiger partial charge in [0.05, 0.1) is 0 Å². The van der Waals surface area contributed by atoms with Crippen molar-refractivity contribution in [3.8, 4) is 0 Å². The quantitative estimate of drug-likeness (QED) is 0.600. The topological polar surface area (TPSA) is 12.9 Å². The van der Waals surface area contributed by atoms with Gasteiger partial charge in [0.2, 0.25) is 0 Å². The third-order valence-electron chi connectivity index (χ3n) is 3.80. The molecule has 20 heavy (non-hydrogen) atoms. The molecule has 2 heteroatoms. The van der Waals surface area contributed by atoms with Crippen LogP contribution in [0.4, 0.5) is 0 Å². The van der Waals surface area contributed by atoms with Gasteiger partial charge in [-0.1, -0.05) is 43.1 Å². The number of aromatic nitrogens is 1. The molecule has 0 spiro atoms. The minimum atomic E-state index is 0.649. The highest BCUT2D eigenvalue weighted by atomic mass is 35.5. The van der Waals surface area contributed by atoms with E-state index >= 15 is 0 Å². The summed E-state index contributed by atoms with van der Waals surface area (Å²) in [5.41, 5.74) is 2.61. The summed E-state index contributed by atoms with van der Waals surface area (Å²) < 4.78 is 0. The summed E-state index contributed by atoms with van der Waals surface area (Å²) in [6.07, 6.45) is 7.84. The fourth-order valence-electron chi connectivity index (χ4n) is 2.58. The maximum Gasteiger partial charge on any atom is 0.0406 e. The number of unbranched alkanes of at least 4 members (excludes halogenated alkanes) is 1. The Morgan fingerprint density at radius 1 is 1.05 bits per heavy atom. The molecule has 0 N–H and O–H groups in total. The zero-order chi connectivity index (χ0) is 14.2. The van der Waals surface area contributed by atoms with Crippen LogP contribution in [0.3, 0.4) is 0 Å². The first kappa shape index (κ1) is 15.1. The molecule has 0 aliphatic heterocycles. The number of rotatable bonds is 7. The lowest BCUT2D eigenvalue weighted by Gasteiger charge is -2.15. The summed E-state index contributed by atoms with van der Waals surface area (Å²) in [6, 6.07) is 14.4. The van der Waals surface area contributed by atoms with Crippen LogP contribution in [-0.4, -0.2) is 4.98 Å². The van der Waals surface area contributed by atoms with E-state index in [0.717, 1.165) is 11.4 Å². The van der Waals surface area contributed by atoms with Crippen LogP contribution in [0.15, 0.2) is 48.7 Å². The van der Waals surface area contributed by atoms with Crippen LogP contribution in [0.5, 0.6) is 0 Å². The SMILES string of the molecule is CCC(CCCCc1ccccn1)c1ccc(Cl)cc1. The normalized spacial score (nSPS) is 12.3. The molecule has 1 heterocycles. The fraction of sp³-hybridized carbons (Fsp3) is 0.389. The second kappa shape index (κ2) is 8.06. The number of hydrogen-bond donors (Lipinski definition) is 0. The van der Waals surface area contributed by atoms with Gasteiger partial charge < -0.3 is 0 Å². The third-order valence-corrected chi connectivity index (χ3v) is 4.05. The van der Waals surface area contributed by atoms with E-state index in [1.807, 2.05) is 24.4 Å².